The maximum Gasteiger partial charge on any atom is 0.224 e. The number of benzene rings is 1. The van der Waals surface area contributed by atoms with E-state index < -0.39 is 0 Å². The summed E-state index contributed by atoms with van der Waals surface area (Å²) in [5.74, 6) is 0.0131. The predicted molar refractivity (Wildman–Crippen MR) is 85.2 cm³/mol. The Bertz CT molecular complexity index is 695. The van der Waals surface area contributed by atoms with Gasteiger partial charge in [-0.3, -0.25) is 9.78 Å². The van der Waals surface area contributed by atoms with Gasteiger partial charge in [-0.15, -0.1) is 0 Å². The van der Waals surface area contributed by atoms with Crippen LogP contribution in [0.1, 0.15) is 18.5 Å². The van der Waals surface area contributed by atoms with Crippen LogP contribution in [0.3, 0.4) is 0 Å². The summed E-state index contributed by atoms with van der Waals surface area (Å²) in [7, 11) is 0. The number of hydrogen-bond donors (Lipinski definition) is 2. The minimum Gasteiger partial charge on any atom is -0.361 e. The van der Waals surface area contributed by atoms with Gasteiger partial charge in [0.15, 0.2) is 0 Å². The zero-order chi connectivity index (χ0) is 14.7. The summed E-state index contributed by atoms with van der Waals surface area (Å²) in [4.78, 5) is 16.1. The third kappa shape index (κ3) is 3.23. The molecule has 0 saturated heterocycles. The molecule has 1 aliphatic rings. The lowest BCUT2D eigenvalue weighted by atomic mass is 10.1. The molecule has 2 aromatic rings. The number of pyridine rings is 1. The molecule has 1 amide bonds. The molecular formula is C16H14ClN3O. The number of hydrogen-bond acceptors (Lipinski definition) is 3. The van der Waals surface area contributed by atoms with E-state index in [1.165, 1.54) is 0 Å². The van der Waals surface area contributed by atoms with Crippen molar-refractivity contribution >= 4 is 34.5 Å². The van der Waals surface area contributed by atoms with Crippen LogP contribution in [0.4, 0.5) is 11.4 Å². The van der Waals surface area contributed by atoms with Crippen molar-refractivity contribution in [2.75, 3.05) is 10.6 Å². The van der Waals surface area contributed by atoms with Crippen LogP contribution in [-0.4, -0.2) is 10.9 Å². The fourth-order valence-electron chi connectivity index (χ4n) is 2.20. The Balaban J connectivity index is 1.88. The molecule has 21 heavy (non-hydrogen) atoms. The van der Waals surface area contributed by atoms with Gasteiger partial charge in [0.25, 0.3) is 0 Å². The number of carbonyl (C=O) groups is 1. The monoisotopic (exact) mass is 299 g/mol. The van der Waals surface area contributed by atoms with Crippen LogP contribution in [0.5, 0.6) is 0 Å². The summed E-state index contributed by atoms with van der Waals surface area (Å²) in [6.07, 6.45) is 4.72. The molecule has 106 valence electrons. The number of fused-ring (bicyclic) bond motifs is 1. The Morgan fingerprint density at radius 1 is 1.19 bits per heavy atom. The fourth-order valence-corrected chi connectivity index (χ4v) is 2.32. The standard InChI is InChI=1S/C16H14ClN3O/c17-12-4-6-13(7-5-12)19-10-11-3-8-15(21)20-14-2-1-9-18-16(11)14/h1-2,4-7,9-10,19H,3,8H2,(H,20,21)/b11-10+. The molecule has 5 heteroatoms. The van der Waals surface area contributed by atoms with Gasteiger partial charge in [0.1, 0.15) is 0 Å². The van der Waals surface area contributed by atoms with Crippen LogP contribution in [0.25, 0.3) is 5.57 Å². The van der Waals surface area contributed by atoms with Crippen LogP contribution in [0, 0.1) is 0 Å². The number of aromatic nitrogens is 1. The number of nitrogens with one attached hydrogen (secondary N) is 2. The van der Waals surface area contributed by atoms with E-state index in [9.17, 15) is 4.79 Å². The lowest BCUT2D eigenvalue weighted by Crippen LogP contribution is -2.09. The van der Waals surface area contributed by atoms with Crippen LogP contribution >= 0.6 is 11.6 Å². The van der Waals surface area contributed by atoms with E-state index in [0.29, 0.717) is 17.9 Å². The Morgan fingerprint density at radius 3 is 2.81 bits per heavy atom. The van der Waals surface area contributed by atoms with Crippen molar-refractivity contribution in [1.29, 1.82) is 0 Å². The van der Waals surface area contributed by atoms with Crippen LogP contribution < -0.4 is 10.6 Å². The highest BCUT2D eigenvalue weighted by molar-refractivity contribution is 6.30. The van der Waals surface area contributed by atoms with E-state index in [-0.39, 0.29) is 5.91 Å². The van der Waals surface area contributed by atoms with Gasteiger partial charge in [-0.25, -0.2) is 0 Å². The normalized spacial score (nSPS) is 16.0. The lowest BCUT2D eigenvalue weighted by Gasteiger charge is -2.08. The van der Waals surface area contributed by atoms with Gasteiger partial charge < -0.3 is 10.6 Å². The smallest absolute Gasteiger partial charge is 0.224 e. The Labute approximate surface area is 127 Å². The molecule has 0 saturated carbocycles. The third-order valence-corrected chi connectivity index (χ3v) is 3.52. The first-order chi connectivity index (χ1) is 10.2. The summed E-state index contributed by atoms with van der Waals surface area (Å²) < 4.78 is 0. The molecule has 1 aromatic carbocycles. The zero-order valence-electron chi connectivity index (χ0n) is 11.3. The zero-order valence-corrected chi connectivity index (χ0v) is 12.0. The van der Waals surface area contributed by atoms with Gasteiger partial charge in [0.05, 0.1) is 11.4 Å². The molecule has 2 N–H and O–H groups in total. The first kappa shape index (κ1) is 13.6. The number of amides is 1. The number of anilines is 2. The quantitative estimate of drug-likeness (QED) is 0.883. The summed E-state index contributed by atoms with van der Waals surface area (Å²) in [6, 6.07) is 11.1. The molecular weight excluding hydrogens is 286 g/mol. The van der Waals surface area contributed by atoms with Crippen molar-refractivity contribution in [3.63, 3.8) is 0 Å². The molecule has 1 aromatic heterocycles. The van der Waals surface area contributed by atoms with E-state index >= 15 is 0 Å². The third-order valence-electron chi connectivity index (χ3n) is 3.26. The number of rotatable bonds is 2. The second kappa shape index (κ2) is 5.97. The number of allylic oxidation sites excluding steroid dienone is 1. The fraction of sp³-hybridized carbons (Fsp3) is 0.125. The van der Waals surface area contributed by atoms with E-state index in [0.717, 1.165) is 22.6 Å². The number of carbonyl (C=O) groups excluding carboxylic acids is 1. The van der Waals surface area contributed by atoms with Crippen molar-refractivity contribution in [3.8, 4) is 0 Å². The maximum atomic E-state index is 11.7. The molecule has 0 spiro atoms. The van der Waals surface area contributed by atoms with Gasteiger partial charge in [-0.2, -0.15) is 0 Å². The Morgan fingerprint density at radius 2 is 2.00 bits per heavy atom. The van der Waals surface area contributed by atoms with Crippen molar-refractivity contribution < 1.29 is 4.79 Å². The van der Waals surface area contributed by atoms with Gasteiger partial charge >= 0.3 is 0 Å². The van der Waals surface area contributed by atoms with Crippen LogP contribution in [0.15, 0.2) is 48.8 Å². The van der Waals surface area contributed by atoms with E-state index in [2.05, 4.69) is 15.6 Å². The van der Waals surface area contributed by atoms with Crippen molar-refractivity contribution in [2.45, 2.75) is 12.8 Å². The van der Waals surface area contributed by atoms with E-state index in [1.807, 2.05) is 42.6 Å². The molecule has 0 bridgehead atoms. The largest absolute Gasteiger partial charge is 0.361 e. The van der Waals surface area contributed by atoms with Crippen molar-refractivity contribution in [3.05, 3.63) is 59.5 Å². The average molecular weight is 300 g/mol. The molecule has 0 radical (unpaired) electrons. The number of halogens is 1. The molecule has 0 fully saturated rings. The topological polar surface area (TPSA) is 54.0 Å². The molecule has 4 nitrogen and oxygen atoms in total. The highest BCUT2D eigenvalue weighted by Crippen LogP contribution is 2.28. The molecule has 0 aliphatic carbocycles. The summed E-state index contributed by atoms with van der Waals surface area (Å²) in [5.41, 5.74) is 3.50. The summed E-state index contributed by atoms with van der Waals surface area (Å²) >= 11 is 5.87. The molecule has 3 rings (SSSR count). The highest BCUT2D eigenvalue weighted by Gasteiger charge is 2.17. The average Bonchev–Trinajstić information content (AvgIpc) is 2.65. The van der Waals surface area contributed by atoms with E-state index in [4.69, 9.17) is 11.6 Å². The van der Waals surface area contributed by atoms with Gasteiger partial charge in [-0.1, -0.05) is 11.6 Å². The summed E-state index contributed by atoms with van der Waals surface area (Å²) in [6.45, 7) is 0. The second-order valence-electron chi connectivity index (χ2n) is 4.77. The van der Waals surface area contributed by atoms with Gasteiger partial charge in [-0.05, 0) is 48.4 Å². The molecule has 2 heterocycles. The molecule has 1 aliphatic heterocycles. The SMILES string of the molecule is O=C1CC/C(=C\Nc2ccc(Cl)cc2)c2ncccc2N1. The highest BCUT2D eigenvalue weighted by atomic mass is 35.5. The number of nitrogens with zero attached hydrogens (tertiary/aromatic N) is 1. The molecule has 0 unspecified atom stereocenters. The van der Waals surface area contributed by atoms with Crippen molar-refractivity contribution in [1.82, 2.24) is 4.98 Å². The maximum absolute atomic E-state index is 11.7. The van der Waals surface area contributed by atoms with Crippen LogP contribution in [0.2, 0.25) is 5.02 Å². The summed E-state index contributed by atoms with van der Waals surface area (Å²) in [5, 5.41) is 6.79. The Kier molecular flexibility index (Phi) is 3.88. The first-order valence-corrected chi connectivity index (χ1v) is 7.06. The predicted octanol–water partition coefficient (Wildman–Crippen LogP) is 3.92. The minimum absolute atomic E-state index is 0.0131. The van der Waals surface area contributed by atoms with Crippen LogP contribution in [-0.2, 0) is 4.79 Å². The van der Waals surface area contributed by atoms with E-state index in [1.54, 1.807) is 6.20 Å². The minimum atomic E-state index is 0.0131. The first-order valence-electron chi connectivity index (χ1n) is 6.69. The van der Waals surface area contributed by atoms with Crippen molar-refractivity contribution in [2.24, 2.45) is 0 Å². The van der Waals surface area contributed by atoms with Gasteiger partial charge in [0, 0.05) is 29.5 Å². The Hall–Kier alpha value is -2.33. The second-order valence-corrected chi connectivity index (χ2v) is 5.20. The van der Waals surface area contributed by atoms with Gasteiger partial charge in [0.2, 0.25) is 5.91 Å². The molecule has 0 atom stereocenters. The lowest BCUT2D eigenvalue weighted by molar-refractivity contribution is -0.116.